The van der Waals surface area contributed by atoms with Gasteiger partial charge in [0.05, 0.1) is 11.0 Å². The van der Waals surface area contributed by atoms with Crippen molar-refractivity contribution < 1.29 is 0 Å². The predicted octanol–water partition coefficient (Wildman–Crippen LogP) is 4.77. The lowest BCUT2D eigenvalue weighted by Crippen LogP contribution is -1.81. The van der Waals surface area contributed by atoms with Crippen LogP contribution < -0.4 is 0 Å². The van der Waals surface area contributed by atoms with Gasteiger partial charge in [0.2, 0.25) is 0 Å². The zero-order chi connectivity index (χ0) is 13.1. The lowest BCUT2D eigenvalue weighted by molar-refractivity contribution is 0.886. The summed E-state index contributed by atoms with van der Waals surface area (Å²) >= 11 is 0. The first-order valence-corrected chi connectivity index (χ1v) is 6.45. The molecule has 1 heterocycles. The average Bonchev–Trinajstić information content (AvgIpc) is 2.41. The standard InChI is InChI=1S/C9H8N2.C4H10.C2H6/c1-7-2-3-8-9(6-7)11-5-4-10-8;1-3-4-2;1-2/h2-6H,1H3;3-4H2,1-2H3;1-2H3. The molecule has 0 spiro atoms. The van der Waals surface area contributed by atoms with Gasteiger partial charge in [-0.2, -0.15) is 0 Å². The Bertz CT molecular complexity index is 408. The van der Waals surface area contributed by atoms with Crippen LogP contribution in [0.25, 0.3) is 11.0 Å². The zero-order valence-corrected chi connectivity index (χ0v) is 11.7. The van der Waals surface area contributed by atoms with Gasteiger partial charge in [-0.15, -0.1) is 0 Å². The van der Waals surface area contributed by atoms with Crippen LogP contribution in [-0.2, 0) is 0 Å². The van der Waals surface area contributed by atoms with Crippen LogP contribution >= 0.6 is 0 Å². The van der Waals surface area contributed by atoms with Crippen LogP contribution in [0.4, 0.5) is 0 Å². The lowest BCUT2D eigenvalue weighted by Gasteiger charge is -1.95. The van der Waals surface area contributed by atoms with E-state index in [0.29, 0.717) is 0 Å². The van der Waals surface area contributed by atoms with Gasteiger partial charge >= 0.3 is 0 Å². The summed E-state index contributed by atoms with van der Waals surface area (Å²) in [4.78, 5) is 8.34. The minimum absolute atomic E-state index is 0.957. The van der Waals surface area contributed by atoms with Crippen molar-refractivity contribution >= 4 is 11.0 Å². The van der Waals surface area contributed by atoms with Gasteiger partial charge < -0.3 is 0 Å². The van der Waals surface area contributed by atoms with Crippen molar-refractivity contribution in [3.63, 3.8) is 0 Å². The molecular weight excluding hydrogens is 208 g/mol. The largest absolute Gasteiger partial charge is 0.253 e. The normalized spacial score (nSPS) is 8.76. The highest BCUT2D eigenvalue weighted by atomic mass is 14.8. The van der Waals surface area contributed by atoms with Gasteiger partial charge in [-0.3, -0.25) is 9.97 Å². The van der Waals surface area contributed by atoms with Crippen LogP contribution in [0.15, 0.2) is 30.6 Å². The van der Waals surface area contributed by atoms with Crippen LogP contribution in [0, 0.1) is 6.92 Å². The van der Waals surface area contributed by atoms with Crippen LogP contribution in [0.3, 0.4) is 0 Å². The first-order valence-electron chi connectivity index (χ1n) is 6.45. The monoisotopic (exact) mass is 232 g/mol. The molecule has 0 fully saturated rings. The Morgan fingerprint density at radius 2 is 1.41 bits per heavy atom. The van der Waals surface area contributed by atoms with Crippen molar-refractivity contribution in [2.45, 2.75) is 47.5 Å². The summed E-state index contributed by atoms with van der Waals surface area (Å²) in [6.07, 6.45) is 6.06. The molecule has 17 heavy (non-hydrogen) atoms. The van der Waals surface area contributed by atoms with Gasteiger partial charge in [-0.25, -0.2) is 0 Å². The van der Waals surface area contributed by atoms with Crippen molar-refractivity contribution in [2.24, 2.45) is 0 Å². The highest BCUT2D eigenvalue weighted by Crippen LogP contribution is 2.08. The van der Waals surface area contributed by atoms with E-state index in [1.165, 1.54) is 18.4 Å². The topological polar surface area (TPSA) is 25.8 Å². The molecule has 94 valence electrons. The molecule has 1 aromatic carbocycles. The quantitative estimate of drug-likeness (QED) is 0.707. The number of fused-ring (bicyclic) bond motifs is 1. The molecule has 0 N–H and O–H groups in total. The third-order valence-electron chi connectivity index (χ3n) is 2.12. The molecule has 1 aromatic heterocycles. The summed E-state index contributed by atoms with van der Waals surface area (Å²) < 4.78 is 0. The first kappa shape index (κ1) is 15.6. The minimum atomic E-state index is 0.957. The Morgan fingerprint density at radius 3 is 1.94 bits per heavy atom. The van der Waals surface area contributed by atoms with Crippen molar-refractivity contribution in [1.29, 1.82) is 0 Å². The Kier molecular flexibility index (Phi) is 8.94. The third kappa shape index (κ3) is 6.00. The fraction of sp³-hybridized carbons (Fsp3) is 0.467. The summed E-state index contributed by atoms with van der Waals surface area (Å²) in [6.45, 7) is 10.4. The number of aryl methyl sites for hydroxylation is 1. The number of hydrogen-bond acceptors (Lipinski definition) is 2. The second-order valence-electron chi connectivity index (χ2n) is 3.55. The number of aromatic nitrogens is 2. The molecule has 0 aliphatic rings. The highest BCUT2D eigenvalue weighted by Gasteiger charge is 1.92. The molecule has 2 aromatic rings. The summed E-state index contributed by atoms with van der Waals surface area (Å²) in [6, 6.07) is 6.05. The van der Waals surface area contributed by atoms with Gasteiger partial charge in [0, 0.05) is 12.4 Å². The second kappa shape index (κ2) is 9.76. The van der Waals surface area contributed by atoms with Crippen LogP contribution in [0.5, 0.6) is 0 Å². The molecule has 0 atom stereocenters. The Morgan fingerprint density at radius 1 is 0.882 bits per heavy atom. The van der Waals surface area contributed by atoms with E-state index in [2.05, 4.69) is 23.8 Å². The predicted molar refractivity (Wildman–Crippen MR) is 76.2 cm³/mol. The molecule has 0 bridgehead atoms. The van der Waals surface area contributed by atoms with E-state index in [-0.39, 0.29) is 0 Å². The van der Waals surface area contributed by atoms with Crippen LogP contribution in [-0.4, -0.2) is 9.97 Å². The SMILES string of the molecule is CC.CCCC.Cc1ccc2nccnc2c1. The molecule has 2 nitrogen and oxygen atoms in total. The molecule has 0 aliphatic heterocycles. The summed E-state index contributed by atoms with van der Waals surface area (Å²) in [5.74, 6) is 0. The van der Waals surface area contributed by atoms with Crippen molar-refractivity contribution in [1.82, 2.24) is 9.97 Å². The molecule has 0 saturated carbocycles. The summed E-state index contributed by atoms with van der Waals surface area (Å²) in [7, 11) is 0. The van der Waals surface area contributed by atoms with E-state index in [1.54, 1.807) is 12.4 Å². The van der Waals surface area contributed by atoms with E-state index >= 15 is 0 Å². The number of nitrogens with zero attached hydrogens (tertiary/aromatic N) is 2. The number of rotatable bonds is 1. The molecule has 0 radical (unpaired) electrons. The second-order valence-corrected chi connectivity index (χ2v) is 3.55. The lowest BCUT2D eigenvalue weighted by atomic mass is 10.2. The molecule has 2 rings (SSSR count). The smallest absolute Gasteiger partial charge is 0.0889 e. The van der Waals surface area contributed by atoms with Crippen molar-refractivity contribution in [3.8, 4) is 0 Å². The first-order chi connectivity index (χ1) is 8.27. The molecule has 0 saturated heterocycles. The fourth-order valence-corrected chi connectivity index (χ4v) is 1.07. The Hall–Kier alpha value is -1.44. The van der Waals surface area contributed by atoms with Gasteiger partial charge in [0.1, 0.15) is 0 Å². The molecule has 0 unspecified atom stereocenters. The van der Waals surface area contributed by atoms with Gasteiger partial charge in [0.15, 0.2) is 0 Å². The molecular formula is C15H24N2. The molecule has 0 amide bonds. The van der Waals surface area contributed by atoms with Gasteiger partial charge in [0.25, 0.3) is 0 Å². The van der Waals surface area contributed by atoms with Crippen molar-refractivity contribution in [3.05, 3.63) is 36.2 Å². The number of unbranched alkanes of at least 4 members (excludes halogenated alkanes) is 1. The van der Waals surface area contributed by atoms with Crippen LogP contribution in [0.2, 0.25) is 0 Å². The van der Waals surface area contributed by atoms with Crippen molar-refractivity contribution in [2.75, 3.05) is 0 Å². The van der Waals surface area contributed by atoms with Crippen LogP contribution in [0.1, 0.15) is 46.1 Å². The van der Waals surface area contributed by atoms with E-state index in [4.69, 9.17) is 0 Å². The number of benzene rings is 1. The molecule has 0 aliphatic carbocycles. The van der Waals surface area contributed by atoms with E-state index in [0.717, 1.165) is 11.0 Å². The fourth-order valence-electron chi connectivity index (χ4n) is 1.07. The van der Waals surface area contributed by atoms with E-state index in [9.17, 15) is 0 Å². The molecule has 2 heteroatoms. The van der Waals surface area contributed by atoms with E-state index < -0.39 is 0 Å². The maximum atomic E-state index is 4.18. The van der Waals surface area contributed by atoms with Gasteiger partial charge in [-0.05, 0) is 24.6 Å². The number of hydrogen-bond donors (Lipinski definition) is 0. The van der Waals surface area contributed by atoms with E-state index in [1.807, 2.05) is 39.0 Å². The third-order valence-corrected chi connectivity index (χ3v) is 2.12. The summed E-state index contributed by atoms with van der Waals surface area (Å²) in [5, 5.41) is 0. The highest BCUT2D eigenvalue weighted by molar-refractivity contribution is 5.74. The summed E-state index contributed by atoms with van der Waals surface area (Å²) in [5.41, 5.74) is 3.14. The average molecular weight is 232 g/mol. The maximum absolute atomic E-state index is 4.18. The minimum Gasteiger partial charge on any atom is -0.253 e. The Labute approximate surface area is 105 Å². The maximum Gasteiger partial charge on any atom is 0.0889 e. The Balaban J connectivity index is 0.000000368. The zero-order valence-electron chi connectivity index (χ0n) is 11.7. The van der Waals surface area contributed by atoms with Gasteiger partial charge in [-0.1, -0.05) is 46.6 Å².